The Morgan fingerprint density at radius 2 is 1.69 bits per heavy atom. The summed E-state index contributed by atoms with van der Waals surface area (Å²) in [5.41, 5.74) is 3.60. The number of hydrazone groups is 1. The number of amides is 2. The van der Waals surface area contributed by atoms with E-state index >= 15 is 0 Å². The van der Waals surface area contributed by atoms with E-state index in [0.29, 0.717) is 17.1 Å². The molecule has 0 aliphatic heterocycles. The molecular weight excluding hydrogens is 434 g/mol. The SMILES string of the molecule is C/C(CC(=O)Nc1ccccc1)=N/NC(=O)COc1ccc2ccccc2c1Br. The molecule has 2 amide bonds. The third-order valence-corrected chi connectivity index (χ3v) is 4.85. The van der Waals surface area contributed by atoms with E-state index in [9.17, 15) is 9.59 Å². The van der Waals surface area contributed by atoms with Crippen molar-refractivity contribution in [3.63, 3.8) is 0 Å². The lowest BCUT2D eigenvalue weighted by atomic mass is 10.1. The maximum absolute atomic E-state index is 12.0. The van der Waals surface area contributed by atoms with E-state index in [1.807, 2.05) is 54.6 Å². The van der Waals surface area contributed by atoms with Gasteiger partial charge in [-0.15, -0.1) is 0 Å². The Hall–Kier alpha value is -3.19. The summed E-state index contributed by atoms with van der Waals surface area (Å²) in [5.74, 6) is -0.0438. The van der Waals surface area contributed by atoms with Gasteiger partial charge in [-0.1, -0.05) is 48.5 Å². The van der Waals surface area contributed by atoms with Gasteiger partial charge in [-0.2, -0.15) is 5.10 Å². The predicted molar refractivity (Wildman–Crippen MR) is 118 cm³/mol. The Labute approximate surface area is 177 Å². The van der Waals surface area contributed by atoms with Gasteiger partial charge in [0.05, 0.1) is 10.9 Å². The van der Waals surface area contributed by atoms with Crippen molar-refractivity contribution in [2.45, 2.75) is 13.3 Å². The van der Waals surface area contributed by atoms with E-state index in [2.05, 4.69) is 31.8 Å². The van der Waals surface area contributed by atoms with Gasteiger partial charge >= 0.3 is 0 Å². The fourth-order valence-electron chi connectivity index (χ4n) is 2.66. The van der Waals surface area contributed by atoms with Gasteiger partial charge in [-0.3, -0.25) is 9.59 Å². The summed E-state index contributed by atoms with van der Waals surface area (Å²) in [4.78, 5) is 24.0. The average molecular weight is 454 g/mol. The molecule has 148 valence electrons. The van der Waals surface area contributed by atoms with Gasteiger partial charge in [-0.25, -0.2) is 5.43 Å². The van der Waals surface area contributed by atoms with Crippen molar-refractivity contribution in [2.24, 2.45) is 5.10 Å². The number of nitrogens with one attached hydrogen (secondary N) is 2. The van der Waals surface area contributed by atoms with Gasteiger partial charge in [0.1, 0.15) is 5.75 Å². The largest absolute Gasteiger partial charge is 0.483 e. The maximum atomic E-state index is 12.0. The highest BCUT2D eigenvalue weighted by Crippen LogP contribution is 2.32. The third kappa shape index (κ3) is 5.89. The Bertz CT molecular complexity index is 1050. The Morgan fingerprint density at radius 1 is 0.966 bits per heavy atom. The summed E-state index contributed by atoms with van der Waals surface area (Å²) < 4.78 is 6.38. The summed E-state index contributed by atoms with van der Waals surface area (Å²) in [6.07, 6.45) is 0.0756. The molecule has 0 heterocycles. The number of rotatable bonds is 7. The number of hydrogen-bond acceptors (Lipinski definition) is 4. The molecule has 0 aliphatic carbocycles. The van der Waals surface area contributed by atoms with Gasteiger partial charge in [0.25, 0.3) is 5.91 Å². The number of carbonyl (C=O) groups excluding carboxylic acids is 2. The standard InChI is InChI=1S/C22H20BrN3O3/c1-15(13-20(27)24-17-8-3-2-4-9-17)25-26-21(28)14-29-19-12-11-16-7-5-6-10-18(16)22(19)23/h2-12H,13-14H2,1H3,(H,24,27)(H,26,28)/b25-15-. The fourth-order valence-corrected chi connectivity index (χ4v) is 3.26. The van der Waals surface area contributed by atoms with Crippen LogP contribution in [-0.2, 0) is 9.59 Å². The fraction of sp³-hybridized carbons (Fsp3) is 0.136. The highest BCUT2D eigenvalue weighted by Gasteiger charge is 2.09. The Balaban J connectivity index is 1.49. The van der Waals surface area contributed by atoms with Crippen LogP contribution in [0.2, 0.25) is 0 Å². The van der Waals surface area contributed by atoms with Gasteiger partial charge in [-0.05, 0) is 51.8 Å². The molecule has 6 nitrogen and oxygen atoms in total. The van der Waals surface area contributed by atoms with Crippen molar-refractivity contribution in [3.8, 4) is 5.75 Å². The topological polar surface area (TPSA) is 79.8 Å². The molecule has 3 rings (SSSR count). The second-order valence-corrected chi connectivity index (χ2v) is 7.15. The van der Waals surface area contributed by atoms with E-state index in [0.717, 1.165) is 15.2 Å². The first-order chi connectivity index (χ1) is 14.0. The van der Waals surface area contributed by atoms with Crippen molar-refractivity contribution >= 4 is 49.9 Å². The first-order valence-electron chi connectivity index (χ1n) is 9.00. The third-order valence-electron chi connectivity index (χ3n) is 4.03. The van der Waals surface area contributed by atoms with Gasteiger partial charge < -0.3 is 10.1 Å². The molecule has 7 heteroatoms. The number of benzene rings is 3. The normalized spacial score (nSPS) is 11.2. The van der Waals surface area contributed by atoms with Crippen molar-refractivity contribution < 1.29 is 14.3 Å². The molecule has 3 aromatic rings. The van der Waals surface area contributed by atoms with Crippen LogP contribution in [0.25, 0.3) is 10.8 Å². The molecule has 0 bridgehead atoms. The first-order valence-corrected chi connectivity index (χ1v) is 9.79. The molecule has 0 aliphatic rings. The van der Waals surface area contributed by atoms with Gasteiger partial charge in [0.15, 0.2) is 6.61 Å². The lowest BCUT2D eigenvalue weighted by Gasteiger charge is -2.10. The number of para-hydroxylation sites is 1. The minimum Gasteiger partial charge on any atom is -0.483 e. The summed E-state index contributed by atoms with van der Waals surface area (Å²) in [5, 5.41) is 8.80. The Kier molecular flexibility index (Phi) is 6.97. The second-order valence-electron chi connectivity index (χ2n) is 6.36. The average Bonchev–Trinajstić information content (AvgIpc) is 2.72. The first kappa shape index (κ1) is 20.5. The van der Waals surface area contributed by atoms with Gasteiger partial charge in [0.2, 0.25) is 5.91 Å². The van der Waals surface area contributed by atoms with Crippen molar-refractivity contribution in [3.05, 3.63) is 71.2 Å². The molecule has 3 aromatic carbocycles. The van der Waals surface area contributed by atoms with Crippen molar-refractivity contribution in [2.75, 3.05) is 11.9 Å². The van der Waals surface area contributed by atoms with E-state index < -0.39 is 5.91 Å². The monoisotopic (exact) mass is 453 g/mol. The van der Waals surface area contributed by atoms with E-state index in [4.69, 9.17) is 4.74 Å². The zero-order valence-corrected chi connectivity index (χ0v) is 17.4. The lowest BCUT2D eigenvalue weighted by molar-refractivity contribution is -0.123. The molecule has 0 saturated carbocycles. The minimum absolute atomic E-state index is 0.0756. The molecule has 2 N–H and O–H groups in total. The zero-order valence-electron chi connectivity index (χ0n) is 15.8. The number of nitrogens with zero attached hydrogens (tertiary/aromatic N) is 1. The van der Waals surface area contributed by atoms with Gasteiger partial charge in [0, 0.05) is 11.4 Å². The Morgan fingerprint density at radius 3 is 2.48 bits per heavy atom. The van der Waals surface area contributed by atoms with Crippen LogP contribution in [0.3, 0.4) is 0 Å². The smallest absolute Gasteiger partial charge is 0.277 e. The minimum atomic E-state index is -0.409. The number of carbonyl (C=O) groups is 2. The summed E-state index contributed by atoms with van der Waals surface area (Å²) in [6.45, 7) is 1.48. The number of fused-ring (bicyclic) bond motifs is 1. The molecule has 0 radical (unpaired) electrons. The highest BCUT2D eigenvalue weighted by molar-refractivity contribution is 9.10. The molecule has 0 atom stereocenters. The van der Waals surface area contributed by atoms with Crippen LogP contribution in [-0.4, -0.2) is 24.1 Å². The maximum Gasteiger partial charge on any atom is 0.277 e. The van der Waals surface area contributed by atoms with Crippen LogP contribution < -0.4 is 15.5 Å². The predicted octanol–water partition coefficient (Wildman–Crippen LogP) is 4.50. The van der Waals surface area contributed by atoms with E-state index in [-0.39, 0.29) is 18.9 Å². The summed E-state index contributed by atoms with van der Waals surface area (Å²) in [6, 6.07) is 20.8. The second kappa shape index (κ2) is 9.84. The van der Waals surface area contributed by atoms with Crippen LogP contribution in [0.1, 0.15) is 13.3 Å². The van der Waals surface area contributed by atoms with Crippen LogP contribution in [0, 0.1) is 0 Å². The van der Waals surface area contributed by atoms with Crippen LogP contribution in [0.5, 0.6) is 5.75 Å². The zero-order chi connectivity index (χ0) is 20.6. The quantitative estimate of drug-likeness (QED) is 0.408. The van der Waals surface area contributed by atoms with Crippen molar-refractivity contribution in [1.82, 2.24) is 5.43 Å². The molecule has 0 unspecified atom stereocenters. The number of ether oxygens (including phenoxy) is 1. The van der Waals surface area contributed by atoms with Crippen LogP contribution in [0.4, 0.5) is 5.69 Å². The highest BCUT2D eigenvalue weighted by atomic mass is 79.9. The summed E-state index contributed by atoms with van der Waals surface area (Å²) >= 11 is 3.52. The number of anilines is 1. The van der Waals surface area contributed by atoms with E-state index in [1.165, 1.54) is 0 Å². The van der Waals surface area contributed by atoms with Crippen molar-refractivity contribution in [1.29, 1.82) is 0 Å². The number of hydrogen-bond donors (Lipinski definition) is 2. The molecule has 29 heavy (non-hydrogen) atoms. The number of halogens is 1. The van der Waals surface area contributed by atoms with Crippen LogP contribution >= 0.6 is 15.9 Å². The van der Waals surface area contributed by atoms with Crippen LogP contribution in [0.15, 0.2) is 76.3 Å². The molecule has 0 saturated heterocycles. The van der Waals surface area contributed by atoms with E-state index in [1.54, 1.807) is 19.1 Å². The molecule has 0 fully saturated rings. The molecular formula is C22H20BrN3O3. The molecule has 0 spiro atoms. The summed E-state index contributed by atoms with van der Waals surface area (Å²) in [7, 11) is 0. The molecule has 0 aromatic heterocycles. The lowest BCUT2D eigenvalue weighted by Crippen LogP contribution is -2.26.